The average Bonchev–Trinajstić information content (AvgIpc) is 2.46. The minimum atomic E-state index is -1.47. The summed E-state index contributed by atoms with van der Waals surface area (Å²) in [6.07, 6.45) is 1.97. The molecule has 0 unspecified atom stereocenters. The van der Waals surface area contributed by atoms with Crippen LogP contribution in [0.3, 0.4) is 0 Å². The molecule has 0 bridgehead atoms. The molecule has 0 radical (unpaired) electrons. The molecular formula is C15H15PSSe. The van der Waals surface area contributed by atoms with Crippen molar-refractivity contribution in [2.45, 2.75) is 0 Å². The standard InChI is InChI=1S/C15H15PSSe/c1-2-13-17-16(18,14-9-5-3-6-10-14)15-11-7-4-8-12-15/h2-12H,1,13H2. The summed E-state index contributed by atoms with van der Waals surface area (Å²) in [7, 11) is 0. The Morgan fingerprint density at radius 3 is 1.78 bits per heavy atom. The third-order valence-corrected chi connectivity index (χ3v) is 12.7. The first-order valence-corrected chi connectivity index (χ1v) is 11.3. The van der Waals surface area contributed by atoms with Crippen LogP contribution in [0.25, 0.3) is 0 Å². The summed E-state index contributed by atoms with van der Waals surface area (Å²) < 4.78 is -1.47. The van der Waals surface area contributed by atoms with Crippen LogP contribution in [-0.2, 0) is 0 Å². The second-order valence-corrected chi connectivity index (χ2v) is 14.0. The van der Waals surface area contributed by atoms with Gasteiger partial charge in [-0.1, -0.05) is 0 Å². The fourth-order valence-electron chi connectivity index (χ4n) is 1.70. The van der Waals surface area contributed by atoms with Crippen molar-refractivity contribution in [2.24, 2.45) is 0 Å². The Kier molecular flexibility index (Phi) is 5.09. The molecule has 2 rings (SSSR count). The second-order valence-electron chi connectivity index (χ2n) is 3.81. The van der Waals surface area contributed by atoms with Gasteiger partial charge in [-0.05, 0) is 0 Å². The molecule has 0 saturated heterocycles. The SMILES string of the molecule is C=CCSP(=[Se])(c1ccccc1)c1ccccc1. The van der Waals surface area contributed by atoms with Gasteiger partial charge in [0.15, 0.2) is 0 Å². The second kappa shape index (κ2) is 6.59. The molecule has 0 fully saturated rings. The molecule has 0 spiro atoms. The van der Waals surface area contributed by atoms with E-state index in [0.29, 0.717) is 0 Å². The van der Waals surface area contributed by atoms with Gasteiger partial charge in [-0.3, -0.25) is 0 Å². The van der Waals surface area contributed by atoms with E-state index in [1.165, 1.54) is 10.6 Å². The zero-order valence-corrected chi connectivity index (χ0v) is 13.5. The maximum atomic E-state index is 3.83. The van der Waals surface area contributed by atoms with Crippen LogP contribution in [0.5, 0.6) is 0 Å². The van der Waals surface area contributed by atoms with Crippen LogP contribution < -0.4 is 10.6 Å². The van der Waals surface area contributed by atoms with Crippen molar-refractivity contribution >= 4 is 41.8 Å². The summed E-state index contributed by atoms with van der Waals surface area (Å²) in [5.74, 6) is 0.963. The summed E-state index contributed by atoms with van der Waals surface area (Å²) in [6.45, 7) is 3.83. The van der Waals surface area contributed by atoms with Gasteiger partial charge in [-0.2, -0.15) is 0 Å². The molecule has 0 aliphatic carbocycles. The van der Waals surface area contributed by atoms with Gasteiger partial charge in [-0.25, -0.2) is 0 Å². The number of benzene rings is 2. The van der Waals surface area contributed by atoms with Crippen molar-refractivity contribution in [1.82, 2.24) is 0 Å². The molecule has 2 aromatic rings. The molecule has 18 heavy (non-hydrogen) atoms. The molecule has 0 saturated carbocycles. The van der Waals surface area contributed by atoms with Gasteiger partial charge in [0.25, 0.3) is 0 Å². The molecule has 0 aliphatic rings. The van der Waals surface area contributed by atoms with E-state index in [9.17, 15) is 0 Å². The Labute approximate surface area is 120 Å². The molecule has 0 aromatic heterocycles. The molecule has 0 N–H and O–H groups in total. The Bertz CT molecular complexity index is 508. The number of hydrogen-bond acceptors (Lipinski definition) is 1. The fourth-order valence-corrected chi connectivity index (χ4v) is 9.00. The summed E-state index contributed by atoms with van der Waals surface area (Å²) in [6, 6.07) is 21.4. The summed E-state index contributed by atoms with van der Waals surface area (Å²) in [5.41, 5.74) is 0. The van der Waals surface area contributed by atoms with Crippen molar-refractivity contribution in [1.29, 1.82) is 0 Å². The van der Waals surface area contributed by atoms with E-state index in [4.69, 9.17) is 0 Å². The maximum absolute atomic E-state index is 3.83. The van der Waals surface area contributed by atoms with Crippen LogP contribution >= 0.6 is 16.1 Å². The van der Waals surface area contributed by atoms with Gasteiger partial charge in [-0.15, -0.1) is 0 Å². The normalized spacial score (nSPS) is 11.1. The van der Waals surface area contributed by atoms with Crippen LogP contribution in [0, 0.1) is 0 Å². The summed E-state index contributed by atoms with van der Waals surface area (Å²) in [4.78, 5) is 0. The molecule has 92 valence electrons. The number of hydrogen-bond donors (Lipinski definition) is 0. The van der Waals surface area contributed by atoms with Crippen molar-refractivity contribution in [3.8, 4) is 0 Å². The molecule has 0 atom stereocenters. The van der Waals surface area contributed by atoms with Gasteiger partial charge in [0.1, 0.15) is 0 Å². The predicted molar refractivity (Wildman–Crippen MR) is 87.5 cm³/mol. The van der Waals surface area contributed by atoms with Crippen LogP contribution in [0.4, 0.5) is 0 Å². The van der Waals surface area contributed by atoms with Gasteiger partial charge >= 0.3 is 121 Å². The fraction of sp³-hybridized carbons (Fsp3) is 0.0667. The van der Waals surface area contributed by atoms with Gasteiger partial charge < -0.3 is 0 Å². The van der Waals surface area contributed by atoms with Gasteiger partial charge in [0, 0.05) is 0 Å². The molecule has 0 nitrogen and oxygen atoms in total. The minimum absolute atomic E-state index is 0.963. The topological polar surface area (TPSA) is 0 Å². The van der Waals surface area contributed by atoms with E-state index in [-0.39, 0.29) is 0 Å². The van der Waals surface area contributed by atoms with E-state index < -0.39 is 4.71 Å². The molecule has 0 heterocycles. The number of rotatable bonds is 5. The van der Waals surface area contributed by atoms with E-state index in [2.05, 4.69) is 82.3 Å². The van der Waals surface area contributed by atoms with Crippen molar-refractivity contribution in [2.75, 3.05) is 5.75 Å². The summed E-state index contributed by atoms with van der Waals surface area (Å²) in [5, 5.41) is 2.78. The first kappa shape index (κ1) is 13.9. The predicted octanol–water partition coefficient (Wildman–Crippen LogP) is 3.57. The summed E-state index contributed by atoms with van der Waals surface area (Å²) >= 11 is 5.45. The Morgan fingerprint density at radius 1 is 0.944 bits per heavy atom. The Morgan fingerprint density at radius 2 is 1.39 bits per heavy atom. The van der Waals surface area contributed by atoms with Gasteiger partial charge in [0.2, 0.25) is 0 Å². The van der Waals surface area contributed by atoms with E-state index in [0.717, 1.165) is 5.75 Å². The first-order chi connectivity index (χ1) is 8.77. The molecule has 0 aliphatic heterocycles. The molecule has 3 heteroatoms. The average molecular weight is 337 g/mol. The van der Waals surface area contributed by atoms with Crippen LogP contribution in [0.15, 0.2) is 73.3 Å². The zero-order chi connectivity index (χ0) is 12.8. The van der Waals surface area contributed by atoms with Crippen molar-refractivity contribution < 1.29 is 0 Å². The van der Waals surface area contributed by atoms with Crippen molar-refractivity contribution in [3.05, 3.63) is 73.3 Å². The molecular weight excluding hydrogens is 322 g/mol. The molecule has 0 amide bonds. The van der Waals surface area contributed by atoms with Crippen molar-refractivity contribution in [3.63, 3.8) is 0 Å². The quantitative estimate of drug-likeness (QED) is 0.457. The van der Waals surface area contributed by atoms with Crippen LogP contribution in [0.1, 0.15) is 0 Å². The monoisotopic (exact) mass is 338 g/mol. The van der Waals surface area contributed by atoms with Gasteiger partial charge in [0.05, 0.1) is 0 Å². The third-order valence-electron chi connectivity index (χ3n) is 2.57. The first-order valence-electron chi connectivity index (χ1n) is 5.74. The van der Waals surface area contributed by atoms with Crippen LogP contribution in [-0.4, -0.2) is 20.9 Å². The molecule has 2 aromatic carbocycles. The zero-order valence-electron chi connectivity index (χ0n) is 10.0. The Balaban J connectivity index is 2.48. The Hall–Kier alpha value is -0.521. The van der Waals surface area contributed by atoms with E-state index in [1.54, 1.807) is 0 Å². The van der Waals surface area contributed by atoms with E-state index in [1.807, 2.05) is 17.5 Å². The van der Waals surface area contributed by atoms with E-state index >= 15 is 0 Å². The third kappa shape index (κ3) is 3.08. The van der Waals surface area contributed by atoms with Crippen LogP contribution in [0.2, 0.25) is 0 Å².